The van der Waals surface area contributed by atoms with Crippen LogP contribution in [0.2, 0.25) is 0 Å². The molecule has 1 N–H and O–H groups in total. The molecule has 0 saturated carbocycles. The molecule has 0 aliphatic heterocycles. The molecular weight excluding hydrogens is 408 g/mol. The smallest absolute Gasteiger partial charge is 0.344 e. The topological polar surface area (TPSA) is 90.9 Å². The number of amides is 1. The lowest BCUT2D eigenvalue weighted by molar-refractivity contribution is 0.0997. The van der Waals surface area contributed by atoms with E-state index in [1.165, 1.54) is 4.52 Å². The molecule has 0 aliphatic carbocycles. The molecular formula is C24H18N4O4. The average molecular weight is 426 g/mol. The third-order valence-electron chi connectivity index (χ3n) is 4.63. The zero-order chi connectivity index (χ0) is 21.9. The van der Waals surface area contributed by atoms with Crippen LogP contribution < -0.4 is 14.8 Å². The van der Waals surface area contributed by atoms with Gasteiger partial charge in [0.25, 0.3) is 5.91 Å². The fourth-order valence-corrected chi connectivity index (χ4v) is 3.12. The zero-order valence-electron chi connectivity index (χ0n) is 17.1. The predicted molar refractivity (Wildman–Crippen MR) is 117 cm³/mol. The summed E-state index contributed by atoms with van der Waals surface area (Å²) < 4.78 is 18.5. The summed E-state index contributed by atoms with van der Waals surface area (Å²) in [6, 6.07) is 25.8. The van der Waals surface area contributed by atoms with Crippen LogP contribution in [0.15, 0.2) is 89.3 Å². The lowest BCUT2D eigenvalue weighted by Crippen LogP contribution is -2.12. The second kappa shape index (κ2) is 8.27. The van der Waals surface area contributed by atoms with Gasteiger partial charge in [0, 0.05) is 11.8 Å². The molecule has 0 spiro atoms. The van der Waals surface area contributed by atoms with E-state index in [0.29, 0.717) is 28.6 Å². The number of ether oxygens (including phenoxy) is 2. The Hall–Kier alpha value is -4.59. The van der Waals surface area contributed by atoms with E-state index in [-0.39, 0.29) is 17.6 Å². The van der Waals surface area contributed by atoms with Crippen molar-refractivity contribution in [2.45, 2.75) is 6.92 Å². The van der Waals surface area contributed by atoms with Crippen LogP contribution in [0.5, 0.6) is 23.3 Å². The largest absolute Gasteiger partial charge is 0.457 e. The van der Waals surface area contributed by atoms with Crippen molar-refractivity contribution < 1.29 is 18.7 Å². The highest BCUT2D eigenvalue weighted by molar-refractivity contribution is 6.03. The standard InChI is InChI=1S/C24H18N4O4/c1-16-21(32-24-26-23(27-28(16)24)31-19-12-6-3-7-13-19)22(29)25-17-9-8-14-20(15-17)30-18-10-4-2-5-11-18/h2-15H,1H3,(H,25,29). The van der Waals surface area contributed by atoms with Crippen molar-refractivity contribution in [3.8, 4) is 23.3 Å². The molecule has 0 radical (unpaired) electrons. The minimum Gasteiger partial charge on any atom is -0.457 e. The lowest BCUT2D eigenvalue weighted by atomic mass is 10.2. The Bertz CT molecular complexity index is 1380. The van der Waals surface area contributed by atoms with E-state index in [2.05, 4.69) is 15.4 Å². The molecule has 0 saturated heterocycles. The zero-order valence-corrected chi connectivity index (χ0v) is 17.1. The van der Waals surface area contributed by atoms with Crippen molar-refractivity contribution in [3.63, 3.8) is 0 Å². The van der Waals surface area contributed by atoms with Gasteiger partial charge in [0.05, 0.1) is 5.69 Å². The van der Waals surface area contributed by atoms with Gasteiger partial charge in [-0.2, -0.15) is 4.52 Å². The van der Waals surface area contributed by atoms with E-state index < -0.39 is 5.91 Å². The Morgan fingerprint density at radius 2 is 1.53 bits per heavy atom. The highest BCUT2D eigenvalue weighted by Crippen LogP contribution is 2.25. The van der Waals surface area contributed by atoms with Crippen molar-refractivity contribution in [1.29, 1.82) is 0 Å². The van der Waals surface area contributed by atoms with Crippen LogP contribution in [0, 0.1) is 6.92 Å². The van der Waals surface area contributed by atoms with E-state index in [0.717, 1.165) is 0 Å². The molecule has 2 aromatic heterocycles. The molecule has 0 fully saturated rings. The Morgan fingerprint density at radius 1 is 0.875 bits per heavy atom. The van der Waals surface area contributed by atoms with Gasteiger partial charge >= 0.3 is 11.9 Å². The van der Waals surface area contributed by atoms with E-state index in [9.17, 15) is 4.79 Å². The van der Waals surface area contributed by atoms with Crippen molar-refractivity contribution in [2.24, 2.45) is 0 Å². The molecule has 8 heteroatoms. The summed E-state index contributed by atoms with van der Waals surface area (Å²) in [6.07, 6.45) is 0. The Balaban J connectivity index is 1.32. The van der Waals surface area contributed by atoms with Crippen LogP contribution in [-0.4, -0.2) is 20.5 Å². The predicted octanol–water partition coefficient (Wildman–Crippen LogP) is 5.47. The molecule has 0 unspecified atom stereocenters. The molecule has 158 valence electrons. The maximum absolute atomic E-state index is 12.8. The quantitative estimate of drug-likeness (QED) is 0.387. The van der Waals surface area contributed by atoms with Gasteiger partial charge in [-0.1, -0.05) is 42.5 Å². The second-order valence-electron chi connectivity index (χ2n) is 6.92. The molecule has 0 atom stereocenters. The summed E-state index contributed by atoms with van der Waals surface area (Å²) in [5.74, 6) is 1.77. The minimum atomic E-state index is -0.419. The number of nitrogens with one attached hydrogen (secondary N) is 1. The number of hydrogen-bond donors (Lipinski definition) is 1. The fraction of sp³-hybridized carbons (Fsp3) is 0.0417. The third-order valence-corrected chi connectivity index (χ3v) is 4.63. The lowest BCUT2D eigenvalue weighted by Gasteiger charge is -2.08. The first-order valence-corrected chi connectivity index (χ1v) is 9.89. The van der Waals surface area contributed by atoms with Gasteiger partial charge < -0.3 is 19.2 Å². The fourth-order valence-electron chi connectivity index (χ4n) is 3.12. The maximum atomic E-state index is 12.8. The number of carbonyl (C=O) groups is 1. The van der Waals surface area contributed by atoms with Gasteiger partial charge in [-0.3, -0.25) is 4.79 Å². The molecule has 3 aromatic carbocycles. The summed E-state index contributed by atoms with van der Waals surface area (Å²) in [5.41, 5.74) is 1.07. The first-order valence-electron chi connectivity index (χ1n) is 9.89. The minimum absolute atomic E-state index is 0.112. The number of nitrogens with zero attached hydrogens (tertiary/aromatic N) is 3. The van der Waals surface area contributed by atoms with Crippen LogP contribution in [0.3, 0.4) is 0 Å². The van der Waals surface area contributed by atoms with E-state index >= 15 is 0 Å². The van der Waals surface area contributed by atoms with Crippen molar-refractivity contribution >= 4 is 17.4 Å². The molecule has 8 nitrogen and oxygen atoms in total. The summed E-state index contributed by atoms with van der Waals surface area (Å²) in [5, 5.41) is 7.09. The number of carbonyl (C=O) groups excluding carboxylic acids is 1. The van der Waals surface area contributed by atoms with Crippen molar-refractivity contribution in [2.75, 3.05) is 5.32 Å². The van der Waals surface area contributed by atoms with Gasteiger partial charge in [0.2, 0.25) is 5.76 Å². The van der Waals surface area contributed by atoms with Gasteiger partial charge in [-0.15, -0.1) is 10.1 Å². The number of anilines is 1. The van der Waals surface area contributed by atoms with E-state index in [1.54, 1.807) is 37.3 Å². The number of hydrogen-bond acceptors (Lipinski definition) is 6. The molecule has 5 aromatic rings. The monoisotopic (exact) mass is 426 g/mol. The van der Waals surface area contributed by atoms with Crippen LogP contribution in [0.25, 0.3) is 5.84 Å². The third kappa shape index (κ3) is 4.01. The first-order chi connectivity index (χ1) is 15.7. The van der Waals surface area contributed by atoms with Gasteiger partial charge in [-0.05, 0) is 43.3 Å². The van der Waals surface area contributed by atoms with Crippen LogP contribution in [0.4, 0.5) is 5.69 Å². The summed E-state index contributed by atoms with van der Waals surface area (Å²) in [4.78, 5) is 17.0. The maximum Gasteiger partial charge on any atom is 0.344 e. The summed E-state index contributed by atoms with van der Waals surface area (Å²) >= 11 is 0. The SMILES string of the molecule is Cc1c(C(=O)Nc2cccc(Oc3ccccc3)c2)oc2nc(Oc3ccccc3)nn12. The Morgan fingerprint density at radius 3 is 2.22 bits per heavy atom. The number of oxazole rings is 1. The first kappa shape index (κ1) is 19.4. The molecule has 32 heavy (non-hydrogen) atoms. The average Bonchev–Trinajstić information content (AvgIpc) is 3.34. The number of benzene rings is 3. The highest BCUT2D eigenvalue weighted by Gasteiger charge is 2.22. The normalized spacial score (nSPS) is 10.8. The Labute approximate surface area is 183 Å². The molecule has 0 aliphatic rings. The number of aryl methyl sites for hydroxylation is 1. The van der Waals surface area contributed by atoms with Gasteiger partial charge in [0.1, 0.15) is 17.2 Å². The molecule has 2 heterocycles. The van der Waals surface area contributed by atoms with E-state index in [4.69, 9.17) is 13.9 Å². The summed E-state index contributed by atoms with van der Waals surface area (Å²) in [6.45, 7) is 1.72. The molecule has 1 amide bonds. The summed E-state index contributed by atoms with van der Waals surface area (Å²) in [7, 11) is 0. The number of para-hydroxylation sites is 2. The van der Waals surface area contributed by atoms with Crippen molar-refractivity contribution in [3.05, 3.63) is 96.4 Å². The Kier molecular flexibility index (Phi) is 5.01. The number of aromatic nitrogens is 3. The molecule has 0 bridgehead atoms. The van der Waals surface area contributed by atoms with Crippen LogP contribution in [0.1, 0.15) is 16.2 Å². The van der Waals surface area contributed by atoms with Gasteiger partial charge in [0.15, 0.2) is 0 Å². The van der Waals surface area contributed by atoms with Gasteiger partial charge in [-0.25, -0.2) is 0 Å². The number of rotatable bonds is 6. The van der Waals surface area contributed by atoms with Crippen LogP contribution >= 0.6 is 0 Å². The highest BCUT2D eigenvalue weighted by atomic mass is 16.5. The second-order valence-corrected chi connectivity index (χ2v) is 6.92. The number of fused-ring (bicyclic) bond motifs is 1. The van der Waals surface area contributed by atoms with Crippen molar-refractivity contribution in [1.82, 2.24) is 14.6 Å². The van der Waals surface area contributed by atoms with E-state index in [1.807, 2.05) is 54.6 Å². The van der Waals surface area contributed by atoms with Crippen LogP contribution in [-0.2, 0) is 0 Å². The molecule has 5 rings (SSSR count).